The van der Waals surface area contributed by atoms with Crippen molar-refractivity contribution in [3.63, 3.8) is 0 Å². The van der Waals surface area contributed by atoms with Gasteiger partial charge in [0.1, 0.15) is 0 Å². The molecule has 0 aromatic carbocycles. The largest absolute Gasteiger partial charge is 0.395 e. The third-order valence-corrected chi connectivity index (χ3v) is 4.10. The molecular weight excluding hydrogens is 242 g/mol. The average molecular weight is 260 g/mol. The van der Waals surface area contributed by atoms with E-state index in [0.717, 1.165) is 4.31 Å². The van der Waals surface area contributed by atoms with Crippen LogP contribution in [0.15, 0.2) is 0 Å². The van der Waals surface area contributed by atoms with Crippen LogP contribution in [-0.4, -0.2) is 60.9 Å². The molecule has 0 saturated heterocycles. The van der Waals surface area contributed by atoms with E-state index in [-0.39, 0.29) is 32.1 Å². The predicted octanol–water partition coefficient (Wildman–Crippen LogP) is -0.378. The maximum Gasteiger partial charge on any atom is 0.214 e. The van der Waals surface area contributed by atoms with Crippen molar-refractivity contribution in [3.8, 4) is 0 Å². The van der Waals surface area contributed by atoms with Crippen LogP contribution in [0, 0.1) is 0 Å². The van der Waals surface area contributed by atoms with Gasteiger partial charge in [0.05, 0.1) is 19.0 Å². The zero-order valence-corrected chi connectivity index (χ0v) is 10.2. The summed E-state index contributed by atoms with van der Waals surface area (Å²) in [5.41, 5.74) is 0. The molecule has 2 N–H and O–H groups in total. The van der Waals surface area contributed by atoms with E-state index in [1.54, 1.807) is 0 Å². The molecule has 0 spiro atoms. The Hall–Kier alpha value is 0.120. The minimum atomic E-state index is -3.36. The van der Waals surface area contributed by atoms with Gasteiger partial charge in [-0.1, -0.05) is 0 Å². The summed E-state index contributed by atoms with van der Waals surface area (Å²) >= 11 is 5.44. The first-order chi connectivity index (χ1) is 7.08. The third-order valence-electron chi connectivity index (χ3n) is 1.88. The van der Waals surface area contributed by atoms with Crippen molar-refractivity contribution in [2.75, 3.05) is 37.9 Å². The van der Waals surface area contributed by atoms with Gasteiger partial charge in [-0.15, -0.1) is 11.6 Å². The molecule has 0 saturated carbocycles. The molecule has 0 fully saturated rings. The Balaban J connectivity index is 4.22. The Morgan fingerprint density at radius 3 is 2.00 bits per heavy atom. The Bertz CT molecular complexity index is 239. The molecule has 15 heavy (non-hydrogen) atoms. The van der Waals surface area contributed by atoms with Gasteiger partial charge in [0, 0.05) is 19.0 Å². The van der Waals surface area contributed by atoms with Crippen molar-refractivity contribution < 1.29 is 18.6 Å². The van der Waals surface area contributed by atoms with Crippen LogP contribution in [0.3, 0.4) is 0 Å². The number of rotatable bonds is 9. The topological polar surface area (TPSA) is 77.8 Å². The fraction of sp³-hybridized carbons (Fsp3) is 1.00. The van der Waals surface area contributed by atoms with Crippen LogP contribution in [0.1, 0.15) is 12.8 Å². The summed E-state index contributed by atoms with van der Waals surface area (Å²) in [4.78, 5) is 0. The van der Waals surface area contributed by atoms with E-state index in [1.807, 2.05) is 0 Å². The van der Waals surface area contributed by atoms with Gasteiger partial charge in [-0.05, 0) is 12.8 Å². The lowest BCUT2D eigenvalue weighted by atomic mass is 10.4. The lowest BCUT2D eigenvalue weighted by Gasteiger charge is -2.19. The molecule has 0 rings (SSSR count). The molecule has 0 aliphatic rings. The highest BCUT2D eigenvalue weighted by Crippen LogP contribution is 2.04. The third kappa shape index (κ3) is 6.32. The van der Waals surface area contributed by atoms with Crippen molar-refractivity contribution in [2.24, 2.45) is 0 Å². The standard InChI is InChI=1S/C8H18ClNO4S/c9-3-1-2-8-15(13,14)10(4-6-11)5-7-12/h11-12H,1-8H2. The molecule has 0 aromatic rings. The molecule has 0 bridgehead atoms. The van der Waals surface area contributed by atoms with E-state index in [1.165, 1.54) is 0 Å². The Labute approximate surface area is 95.7 Å². The van der Waals surface area contributed by atoms with Crippen molar-refractivity contribution in [1.29, 1.82) is 0 Å². The smallest absolute Gasteiger partial charge is 0.214 e. The number of aliphatic hydroxyl groups excluding tert-OH is 2. The normalized spacial score (nSPS) is 12.3. The van der Waals surface area contributed by atoms with Crippen molar-refractivity contribution >= 4 is 21.6 Å². The second kappa shape index (κ2) is 8.29. The summed E-state index contributed by atoms with van der Waals surface area (Å²) in [5.74, 6) is 0.454. The van der Waals surface area contributed by atoms with Crippen LogP contribution in [0.25, 0.3) is 0 Å². The van der Waals surface area contributed by atoms with Gasteiger partial charge in [-0.3, -0.25) is 0 Å². The van der Waals surface area contributed by atoms with E-state index in [4.69, 9.17) is 21.8 Å². The van der Waals surface area contributed by atoms with Crippen LogP contribution in [0.4, 0.5) is 0 Å². The van der Waals surface area contributed by atoms with E-state index in [9.17, 15) is 8.42 Å². The summed E-state index contributed by atoms with van der Waals surface area (Å²) in [6.45, 7) is -0.420. The van der Waals surface area contributed by atoms with E-state index in [0.29, 0.717) is 18.7 Å². The highest BCUT2D eigenvalue weighted by atomic mass is 35.5. The lowest BCUT2D eigenvalue weighted by Crippen LogP contribution is -2.37. The molecule has 0 amide bonds. The first-order valence-electron chi connectivity index (χ1n) is 4.84. The number of unbranched alkanes of at least 4 members (excludes halogenated alkanes) is 1. The summed E-state index contributed by atoms with van der Waals surface area (Å²) in [7, 11) is -3.36. The number of sulfonamides is 1. The summed E-state index contributed by atoms with van der Waals surface area (Å²) < 4.78 is 24.4. The van der Waals surface area contributed by atoms with E-state index >= 15 is 0 Å². The van der Waals surface area contributed by atoms with Crippen LogP contribution < -0.4 is 0 Å². The van der Waals surface area contributed by atoms with Gasteiger partial charge in [0.25, 0.3) is 0 Å². The molecule has 0 heterocycles. The molecule has 0 unspecified atom stereocenters. The maximum atomic E-state index is 11.6. The number of halogens is 1. The number of hydrogen-bond donors (Lipinski definition) is 2. The number of nitrogens with zero attached hydrogens (tertiary/aromatic N) is 1. The second-order valence-corrected chi connectivity index (χ2v) is 5.52. The van der Waals surface area contributed by atoms with Crippen LogP contribution >= 0.6 is 11.6 Å². The fourth-order valence-electron chi connectivity index (χ4n) is 1.12. The van der Waals surface area contributed by atoms with Gasteiger partial charge >= 0.3 is 0 Å². The van der Waals surface area contributed by atoms with Gasteiger partial charge in [-0.25, -0.2) is 8.42 Å². The first-order valence-corrected chi connectivity index (χ1v) is 6.98. The van der Waals surface area contributed by atoms with Crippen LogP contribution in [0.2, 0.25) is 0 Å². The minimum absolute atomic E-state index is 0.0136. The van der Waals surface area contributed by atoms with Gasteiger partial charge in [-0.2, -0.15) is 4.31 Å². The quantitative estimate of drug-likeness (QED) is 0.437. The first kappa shape index (κ1) is 15.1. The average Bonchev–Trinajstić information content (AvgIpc) is 2.18. The molecule has 0 atom stereocenters. The Morgan fingerprint density at radius 2 is 1.60 bits per heavy atom. The van der Waals surface area contributed by atoms with Gasteiger partial charge in [0.2, 0.25) is 10.0 Å². The molecule has 5 nitrogen and oxygen atoms in total. The zero-order chi connectivity index (χ0) is 11.7. The highest BCUT2D eigenvalue weighted by Gasteiger charge is 2.20. The SMILES string of the molecule is O=S(=O)(CCCCCl)N(CCO)CCO. The van der Waals surface area contributed by atoms with Crippen LogP contribution in [0.5, 0.6) is 0 Å². The fourth-order valence-corrected chi connectivity index (χ4v) is 2.86. The van der Waals surface area contributed by atoms with Crippen molar-refractivity contribution in [2.45, 2.75) is 12.8 Å². The van der Waals surface area contributed by atoms with Gasteiger partial charge in [0.15, 0.2) is 0 Å². The molecule has 92 valence electrons. The Morgan fingerprint density at radius 1 is 1.07 bits per heavy atom. The predicted molar refractivity (Wildman–Crippen MR) is 59.5 cm³/mol. The molecule has 0 aliphatic heterocycles. The van der Waals surface area contributed by atoms with Crippen LogP contribution in [-0.2, 0) is 10.0 Å². The summed E-state index contributed by atoms with van der Waals surface area (Å²) in [6, 6.07) is 0. The molecule has 0 radical (unpaired) electrons. The monoisotopic (exact) mass is 259 g/mol. The summed E-state index contributed by atoms with van der Waals surface area (Å²) in [5, 5.41) is 17.4. The highest BCUT2D eigenvalue weighted by molar-refractivity contribution is 7.89. The molecule has 7 heteroatoms. The maximum absolute atomic E-state index is 11.6. The van der Waals surface area contributed by atoms with E-state index < -0.39 is 10.0 Å². The Kier molecular flexibility index (Phi) is 8.36. The molecular formula is C8H18ClNO4S. The zero-order valence-electron chi connectivity index (χ0n) is 8.60. The molecule has 0 aliphatic carbocycles. The number of aliphatic hydroxyl groups is 2. The molecule has 0 aromatic heterocycles. The lowest BCUT2D eigenvalue weighted by molar-refractivity contribution is 0.217. The summed E-state index contributed by atoms with van der Waals surface area (Å²) in [6.07, 6.45) is 1.14. The minimum Gasteiger partial charge on any atom is -0.395 e. The second-order valence-electron chi connectivity index (χ2n) is 3.06. The number of hydrogen-bond acceptors (Lipinski definition) is 4. The van der Waals surface area contributed by atoms with Crippen molar-refractivity contribution in [1.82, 2.24) is 4.31 Å². The van der Waals surface area contributed by atoms with E-state index in [2.05, 4.69) is 0 Å². The number of alkyl halides is 1. The van der Waals surface area contributed by atoms with Crippen molar-refractivity contribution in [3.05, 3.63) is 0 Å². The van der Waals surface area contributed by atoms with Gasteiger partial charge < -0.3 is 10.2 Å².